The van der Waals surface area contributed by atoms with Crippen molar-refractivity contribution in [1.29, 1.82) is 0 Å². The molecule has 0 saturated heterocycles. The van der Waals surface area contributed by atoms with Crippen LogP contribution in [0.1, 0.15) is 26.3 Å². The lowest BCUT2D eigenvalue weighted by Crippen LogP contribution is -2.48. The van der Waals surface area contributed by atoms with E-state index in [1.54, 1.807) is 13.3 Å². The van der Waals surface area contributed by atoms with Gasteiger partial charge in [-0.05, 0) is 39.4 Å². The number of rotatable bonds is 7. The number of hydrogen-bond acceptors (Lipinski definition) is 4. The van der Waals surface area contributed by atoms with Gasteiger partial charge in [-0.25, -0.2) is 0 Å². The number of aromatic nitrogens is 1. The second-order valence-corrected chi connectivity index (χ2v) is 6.02. The summed E-state index contributed by atoms with van der Waals surface area (Å²) in [6.07, 6.45) is 3.72. The zero-order valence-electron chi connectivity index (χ0n) is 12.8. The molecule has 1 aromatic heterocycles. The van der Waals surface area contributed by atoms with Crippen molar-refractivity contribution in [3.05, 3.63) is 30.1 Å². The summed E-state index contributed by atoms with van der Waals surface area (Å²) in [4.78, 5) is 6.46. The monoisotopic (exact) mass is 265 g/mol. The maximum absolute atomic E-state index is 5.33. The Morgan fingerprint density at radius 3 is 2.68 bits per heavy atom. The van der Waals surface area contributed by atoms with Gasteiger partial charge in [0.05, 0.1) is 6.61 Å². The molecule has 1 atom stereocenters. The average molecular weight is 265 g/mol. The minimum atomic E-state index is 0.126. The summed E-state index contributed by atoms with van der Waals surface area (Å²) in [6, 6.07) is 4.43. The smallest absolute Gasteiger partial charge is 0.0630 e. The molecule has 0 aromatic carbocycles. The van der Waals surface area contributed by atoms with E-state index in [2.05, 4.69) is 49.1 Å². The van der Waals surface area contributed by atoms with Gasteiger partial charge in [-0.3, -0.25) is 9.88 Å². The van der Waals surface area contributed by atoms with Gasteiger partial charge in [0.15, 0.2) is 0 Å². The van der Waals surface area contributed by atoms with Crippen LogP contribution < -0.4 is 5.32 Å². The highest BCUT2D eigenvalue weighted by molar-refractivity contribution is 5.08. The topological polar surface area (TPSA) is 37.4 Å². The van der Waals surface area contributed by atoms with E-state index in [1.165, 1.54) is 5.56 Å². The summed E-state index contributed by atoms with van der Waals surface area (Å²) >= 11 is 0. The number of nitrogens with zero attached hydrogens (tertiary/aromatic N) is 2. The molecule has 4 nitrogen and oxygen atoms in total. The molecule has 1 aromatic rings. The van der Waals surface area contributed by atoms with E-state index in [-0.39, 0.29) is 5.54 Å². The van der Waals surface area contributed by atoms with E-state index < -0.39 is 0 Å². The highest BCUT2D eigenvalue weighted by Crippen LogP contribution is 2.07. The molecule has 1 N–H and O–H groups in total. The van der Waals surface area contributed by atoms with Crippen LogP contribution in [-0.4, -0.2) is 48.8 Å². The maximum Gasteiger partial charge on any atom is 0.0630 e. The van der Waals surface area contributed by atoms with Crippen LogP contribution in [0, 0.1) is 0 Å². The van der Waals surface area contributed by atoms with E-state index in [4.69, 9.17) is 4.74 Å². The molecule has 4 heteroatoms. The second kappa shape index (κ2) is 7.58. The van der Waals surface area contributed by atoms with E-state index in [1.807, 2.05) is 12.3 Å². The van der Waals surface area contributed by atoms with Gasteiger partial charge in [0.2, 0.25) is 0 Å². The molecule has 0 aliphatic carbocycles. The summed E-state index contributed by atoms with van der Waals surface area (Å²) in [5, 5.41) is 3.54. The zero-order valence-corrected chi connectivity index (χ0v) is 12.8. The van der Waals surface area contributed by atoms with E-state index in [0.29, 0.717) is 6.04 Å². The van der Waals surface area contributed by atoms with Crippen molar-refractivity contribution in [1.82, 2.24) is 15.2 Å². The van der Waals surface area contributed by atoms with Crippen LogP contribution in [0.5, 0.6) is 0 Å². The minimum absolute atomic E-state index is 0.126. The third-order valence-electron chi connectivity index (χ3n) is 3.01. The molecule has 1 rings (SSSR count). The van der Waals surface area contributed by atoms with Crippen molar-refractivity contribution in [2.75, 3.05) is 27.3 Å². The maximum atomic E-state index is 5.33. The van der Waals surface area contributed by atoms with Crippen molar-refractivity contribution >= 4 is 0 Å². The van der Waals surface area contributed by atoms with Gasteiger partial charge >= 0.3 is 0 Å². The first-order valence-corrected chi connectivity index (χ1v) is 6.75. The summed E-state index contributed by atoms with van der Waals surface area (Å²) < 4.78 is 5.33. The molecule has 0 aliphatic heterocycles. The Labute approximate surface area is 117 Å². The van der Waals surface area contributed by atoms with Gasteiger partial charge in [0.25, 0.3) is 0 Å². The number of methoxy groups -OCH3 is 1. The minimum Gasteiger partial charge on any atom is -0.383 e. The normalized spacial score (nSPS) is 13.8. The Morgan fingerprint density at radius 2 is 2.16 bits per heavy atom. The van der Waals surface area contributed by atoms with Crippen molar-refractivity contribution < 1.29 is 4.74 Å². The molecule has 0 saturated carbocycles. The number of likely N-dealkylation sites (N-methyl/N-ethyl adjacent to an activating group) is 1. The summed E-state index contributed by atoms with van der Waals surface area (Å²) in [5.41, 5.74) is 1.35. The molecule has 0 fully saturated rings. The molecule has 0 aliphatic rings. The average Bonchev–Trinajstić information content (AvgIpc) is 2.34. The molecule has 1 unspecified atom stereocenters. The quantitative estimate of drug-likeness (QED) is 0.817. The first kappa shape index (κ1) is 16.1. The molecule has 0 spiro atoms. The van der Waals surface area contributed by atoms with Gasteiger partial charge in [0.1, 0.15) is 0 Å². The molecule has 1 heterocycles. The largest absolute Gasteiger partial charge is 0.383 e. The van der Waals surface area contributed by atoms with Crippen LogP contribution in [0.25, 0.3) is 0 Å². The van der Waals surface area contributed by atoms with Gasteiger partial charge in [0, 0.05) is 44.2 Å². The highest BCUT2D eigenvalue weighted by Gasteiger charge is 2.18. The molecule has 0 amide bonds. The molecular weight excluding hydrogens is 238 g/mol. The van der Waals surface area contributed by atoms with Crippen molar-refractivity contribution in [2.45, 2.75) is 38.9 Å². The van der Waals surface area contributed by atoms with Crippen molar-refractivity contribution in [3.63, 3.8) is 0 Å². The summed E-state index contributed by atoms with van der Waals surface area (Å²) in [6.45, 7) is 9.05. The molecular formula is C15H27N3O. The van der Waals surface area contributed by atoms with Crippen LogP contribution in [-0.2, 0) is 11.3 Å². The lowest BCUT2D eigenvalue weighted by atomic mass is 10.1. The fraction of sp³-hybridized carbons (Fsp3) is 0.667. The number of pyridine rings is 1. The van der Waals surface area contributed by atoms with Crippen LogP contribution in [0.2, 0.25) is 0 Å². The highest BCUT2D eigenvalue weighted by atomic mass is 16.5. The van der Waals surface area contributed by atoms with E-state index >= 15 is 0 Å². The van der Waals surface area contributed by atoms with E-state index in [9.17, 15) is 0 Å². The first-order valence-electron chi connectivity index (χ1n) is 6.75. The van der Waals surface area contributed by atoms with Crippen LogP contribution in [0.15, 0.2) is 24.5 Å². The summed E-state index contributed by atoms with van der Waals surface area (Å²) in [7, 11) is 3.88. The van der Waals surface area contributed by atoms with Crippen LogP contribution >= 0.6 is 0 Å². The third kappa shape index (κ3) is 6.66. The Hall–Kier alpha value is -0.970. The van der Waals surface area contributed by atoms with Crippen molar-refractivity contribution in [2.24, 2.45) is 0 Å². The Kier molecular flexibility index (Phi) is 6.42. The molecule has 0 bridgehead atoms. The van der Waals surface area contributed by atoms with E-state index in [0.717, 1.165) is 19.7 Å². The molecule has 108 valence electrons. The molecule has 19 heavy (non-hydrogen) atoms. The predicted molar refractivity (Wildman–Crippen MR) is 79.1 cm³/mol. The summed E-state index contributed by atoms with van der Waals surface area (Å²) in [5.74, 6) is 0. The van der Waals surface area contributed by atoms with Crippen molar-refractivity contribution in [3.8, 4) is 0 Å². The number of ether oxygens (including phenoxy) is 1. The Morgan fingerprint density at radius 1 is 1.42 bits per heavy atom. The number of hydrogen-bond donors (Lipinski definition) is 1. The fourth-order valence-electron chi connectivity index (χ4n) is 1.87. The van der Waals surface area contributed by atoms with Crippen LogP contribution in [0.3, 0.4) is 0 Å². The first-order chi connectivity index (χ1) is 8.92. The molecule has 0 radical (unpaired) electrons. The fourth-order valence-corrected chi connectivity index (χ4v) is 1.87. The van der Waals surface area contributed by atoms with Gasteiger partial charge < -0.3 is 10.1 Å². The second-order valence-electron chi connectivity index (χ2n) is 6.02. The zero-order chi connectivity index (χ0) is 14.3. The van der Waals surface area contributed by atoms with Gasteiger partial charge in [-0.2, -0.15) is 0 Å². The predicted octanol–water partition coefficient (Wildman–Crippen LogP) is 1.92. The Bertz CT molecular complexity index is 348. The van der Waals surface area contributed by atoms with Crippen LogP contribution in [0.4, 0.5) is 0 Å². The standard InChI is InChI=1S/C15H27N3O/c1-15(2,3)17-10-14(12-19-5)18(4)11-13-7-6-8-16-9-13/h6-9,14,17H,10-12H2,1-5H3. The Balaban J connectivity index is 2.54. The third-order valence-corrected chi connectivity index (χ3v) is 3.01. The number of nitrogens with one attached hydrogen (secondary N) is 1. The lowest BCUT2D eigenvalue weighted by molar-refractivity contribution is 0.0972. The lowest BCUT2D eigenvalue weighted by Gasteiger charge is -2.31. The van der Waals surface area contributed by atoms with Gasteiger partial charge in [-0.15, -0.1) is 0 Å². The SMILES string of the molecule is COCC(CNC(C)(C)C)N(C)Cc1cccnc1. The van der Waals surface area contributed by atoms with Gasteiger partial charge in [-0.1, -0.05) is 6.07 Å².